The summed E-state index contributed by atoms with van der Waals surface area (Å²) in [5, 5.41) is 3.50. The van der Waals surface area contributed by atoms with Crippen LogP contribution in [0.5, 0.6) is 0 Å². The van der Waals surface area contributed by atoms with E-state index in [0.29, 0.717) is 0 Å². The summed E-state index contributed by atoms with van der Waals surface area (Å²) in [7, 11) is 0. The molecule has 0 spiro atoms. The molecule has 1 atom stereocenters. The first-order valence-electron chi connectivity index (χ1n) is 7.16. The number of nitrogens with zero attached hydrogens (tertiary/aromatic N) is 2. The minimum absolute atomic E-state index is 0.779. The standard InChI is InChI=1S/C15H25N3/c1-13-12-16-9-7-15(13)17-8-5-11-18-10-4-3-6-14(18)2/h7,9,12,14H,3-6,8,10-11H2,1-2H3,(H,16,17). The highest BCUT2D eigenvalue weighted by Gasteiger charge is 2.16. The summed E-state index contributed by atoms with van der Waals surface area (Å²) in [6, 6.07) is 2.83. The van der Waals surface area contributed by atoms with Crippen LogP contribution in [0.4, 0.5) is 5.69 Å². The lowest BCUT2D eigenvalue weighted by atomic mass is 10.0. The van der Waals surface area contributed by atoms with Gasteiger partial charge in [0.1, 0.15) is 0 Å². The topological polar surface area (TPSA) is 28.2 Å². The highest BCUT2D eigenvalue weighted by Crippen LogP contribution is 2.16. The van der Waals surface area contributed by atoms with Gasteiger partial charge < -0.3 is 10.2 Å². The van der Waals surface area contributed by atoms with E-state index >= 15 is 0 Å². The number of piperidine rings is 1. The smallest absolute Gasteiger partial charge is 0.0400 e. The van der Waals surface area contributed by atoms with Gasteiger partial charge in [0.25, 0.3) is 0 Å². The highest BCUT2D eigenvalue weighted by molar-refractivity contribution is 5.48. The summed E-state index contributed by atoms with van der Waals surface area (Å²) in [4.78, 5) is 6.74. The molecule has 1 fully saturated rings. The van der Waals surface area contributed by atoms with Crippen LogP contribution >= 0.6 is 0 Å². The van der Waals surface area contributed by atoms with E-state index in [1.165, 1.54) is 50.0 Å². The van der Waals surface area contributed by atoms with Crippen LogP contribution in [0, 0.1) is 6.92 Å². The highest BCUT2D eigenvalue weighted by atomic mass is 15.2. The summed E-state index contributed by atoms with van der Waals surface area (Å²) in [5.74, 6) is 0. The molecule has 3 nitrogen and oxygen atoms in total. The second kappa shape index (κ2) is 6.74. The van der Waals surface area contributed by atoms with Crippen LogP contribution in [0.25, 0.3) is 0 Å². The fourth-order valence-corrected chi connectivity index (χ4v) is 2.67. The van der Waals surface area contributed by atoms with Gasteiger partial charge in [0.05, 0.1) is 0 Å². The Morgan fingerprint density at radius 3 is 3.11 bits per heavy atom. The first kappa shape index (κ1) is 13.3. The third kappa shape index (κ3) is 3.70. The Morgan fingerprint density at radius 1 is 1.44 bits per heavy atom. The Labute approximate surface area is 111 Å². The second-order valence-electron chi connectivity index (χ2n) is 5.35. The van der Waals surface area contributed by atoms with Crippen molar-refractivity contribution in [2.75, 3.05) is 25.0 Å². The number of pyridine rings is 1. The lowest BCUT2D eigenvalue weighted by Gasteiger charge is -2.33. The quantitative estimate of drug-likeness (QED) is 0.811. The molecule has 0 radical (unpaired) electrons. The third-order valence-corrected chi connectivity index (χ3v) is 3.90. The Hall–Kier alpha value is -1.09. The number of aryl methyl sites for hydroxylation is 1. The molecule has 0 aliphatic carbocycles. The molecule has 0 amide bonds. The number of hydrogen-bond acceptors (Lipinski definition) is 3. The number of likely N-dealkylation sites (tertiary alicyclic amines) is 1. The summed E-state index contributed by atoms with van der Waals surface area (Å²) < 4.78 is 0. The van der Waals surface area contributed by atoms with Gasteiger partial charge in [0, 0.05) is 37.2 Å². The van der Waals surface area contributed by atoms with Crippen LogP contribution in [-0.4, -0.2) is 35.6 Å². The summed E-state index contributed by atoms with van der Waals surface area (Å²) >= 11 is 0. The van der Waals surface area contributed by atoms with E-state index < -0.39 is 0 Å². The van der Waals surface area contributed by atoms with E-state index in [1.807, 2.05) is 12.4 Å². The average molecular weight is 247 g/mol. The van der Waals surface area contributed by atoms with Gasteiger partial charge in [-0.1, -0.05) is 6.42 Å². The molecule has 1 N–H and O–H groups in total. The molecule has 18 heavy (non-hydrogen) atoms. The van der Waals surface area contributed by atoms with E-state index in [-0.39, 0.29) is 0 Å². The second-order valence-corrected chi connectivity index (χ2v) is 5.35. The van der Waals surface area contributed by atoms with Gasteiger partial charge >= 0.3 is 0 Å². The zero-order valence-electron chi connectivity index (χ0n) is 11.7. The molecule has 1 aromatic heterocycles. The molecular weight excluding hydrogens is 222 g/mol. The van der Waals surface area contributed by atoms with E-state index in [9.17, 15) is 0 Å². The minimum atomic E-state index is 0.779. The molecule has 1 aliphatic rings. The Bertz CT molecular complexity index is 365. The molecule has 0 aromatic carbocycles. The van der Waals surface area contributed by atoms with Crippen molar-refractivity contribution in [2.24, 2.45) is 0 Å². The van der Waals surface area contributed by atoms with Gasteiger partial charge in [-0.05, 0) is 51.3 Å². The molecule has 100 valence electrons. The van der Waals surface area contributed by atoms with Crippen molar-refractivity contribution in [3.05, 3.63) is 24.0 Å². The maximum Gasteiger partial charge on any atom is 0.0400 e. The van der Waals surface area contributed by atoms with Gasteiger partial charge in [-0.15, -0.1) is 0 Å². The normalized spacial score (nSPS) is 20.9. The molecule has 0 saturated carbocycles. The van der Waals surface area contributed by atoms with Crippen LogP contribution in [-0.2, 0) is 0 Å². The molecular formula is C15H25N3. The first-order chi connectivity index (χ1) is 8.77. The largest absolute Gasteiger partial charge is 0.385 e. The predicted molar refractivity (Wildman–Crippen MR) is 77.0 cm³/mol. The fraction of sp³-hybridized carbons (Fsp3) is 0.667. The van der Waals surface area contributed by atoms with Crippen LogP contribution in [0.2, 0.25) is 0 Å². The van der Waals surface area contributed by atoms with E-state index in [2.05, 4.69) is 35.1 Å². The maximum absolute atomic E-state index is 4.11. The number of aromatic nitrogens is 1. The van der Waals surface area contributed by atoms with Crippen molar-refractivity contribution in [3.63, 3.8) is 0 Å². The van der Waals surface area contributed by atoms with Gasteiger partial charge in [-0.3, -0.25) is 4.98 Å². The SMILES string of the molecule is Cc1cnccc1NCCCN1CCCCC1C. The summed E-state index contributed by atoms with van der Waals surface area (Å²) in [6.45, 7) is 8.02. The Balaban J connectivity index is 1.68. The van der Waals surface area contributed by atoms with Gasteiger partial charge in [0.15, 0.2) is 0 Å². The number of hydrogen-bond donors (Lipinski definition) is 1. The molecule has 1 unspecified atom stereocenters. The molecule has 3 heteroatoms. The predicted octanol–water partition coefficient (Wildman–Crippen LogP) is 3.07. The van der Waals surface area contributed by atoms with Crippen molar-refractivity contribution in [1.29, 1.82) is 0 Å². The third-order valence-electron chi connectivity index (χ3n) is 3.90. The Morgan fingerprint density at radius 2 is 2.33 bits per heavy atom. The van der Waals surface area contributed by atoms with Crippen molar-refractivity contribution in [1.82, 2.24) is 9.88 Å². The van der Waals surface area contributed by atoms with Crippen molar-refractivity contribution < 1.29 is 0 Å². The van der Waals surface area contributed by atoms with Crippen LogP contribution < -0.4 is 5.32 Å². The van der Waals surface area contributed by atoms with Crippen molar-refractivity contribution in [3.8, 4) is 0 Å². The van der Waals surface area contributed by atoms with Crippen molar-refractivity contribution in [2.45, 2.75) is 45.6 Å². The van der Waals surface area contributed by atoms with E-state index in [0.717, 1.165) is 12.6 Å². The van der Waals surface area contributed by atoms with E-state index in [1.54, 1.807) is 0 Å². The molecule has 1 aliphatic heterocycles. The van der Waals surface area contributed by atoms with E-state index in [4.69, 9.17) is 0 Å². The molecule has 2 heterocycles. The summed E-state index contributed by atoms with van der Waals surface area (Å²) in [5.41, 5.74) is 2.44. The number of rotatable bonds is 5. The molecule has 1 aromatic rings. The first-order valence-corrected chi connectivity index (χ1v) is 7.16. The Kier molecular flexibility index (Phi) is 5.00. The lowest BCUT2D eigenvalue weighted by molar-refractivity contribution is 0.160. The zero-order valence-corrected chi connectivity index (χ0v) is 11.7. The minimum Gasteiger partial charge on any atom is -0.385 e. The maximum atomic E-state index is 4.11. The summed E-state index contributed by atoms with van der Waals surface area (Å²) in [6.07, 6.45) is 9.13. The van der Waals surface area contributed by atoms with Crippen LogP contribution in [0.1, 0.15) is 38.2 Å². The molecule has 2 rings (SSSR count). The van der Waals surface area contributed by atoms with Gasteiger partial charge in [0.2, 0.25) is 0 Å². The monoisotopic (exact) mass is 247 g/mol. The van der Waals surface area contributed by atoms with Crippen molar-refractivity contribution >= 4 is 5.69 Å². The number of anilines is 1. The fourth-order valence-electron chi connectivity index (χ4n) is 2.67. The lowest BCUT2D eigenvalue weighted by Crippen LogP contribution is -2.38. The van der Waals surface area contributed by atoms with Crippen LogP contribution in [0.3, 0.4) is 0 Å². The molecule has 0 bridgehead atoms. The zero-order chi connectivity index (χ0) is 12.8. The number of nitrogens with one attached hydrogen (secondary N) is 1. The van der Waals surface area contributed by atoms with Crippen LogP contribution in [0.15, 0.2) is 18.5 Å². The average Bonchev–Trinajstić information content (AvgIpc) is 2.38. The van der Waals surface area contributed by atoms with Gasteiger partial charge in [-0.25, -0.2) is 0 Å². The molecule has 1 saturated heterocycles. The van der Waals surface area contributed by atoms with Gasteiger partial charge in [-0.2, -0.15) is 0 Å².